The summed E-state index contributed by atoms with van der Waals surface area (Å²) < 4.78 is 0. The van der Waals surface area contributed by atoms with Crippen LogP contribution in [0.1, 0.15) is 24.2 Å². The van der Waals surface area contributed by atoms with Crippen LogP contribution >= 0.6 is 24.8 Å². The minimum Gasteiger partial charge on any atom is -0.378 e. The number of pyridine rings is 1. The van der Waals surface area contributed by atoms with Crippen LogP contribution < -0.4 is 16.0 Å². The van der Waals surface area contributed by atoms with E-state index in [1.54, 1.807) is 12.4 Å². The van der Waals surface area contributed by atoms with E-state index >= 15 is 0 Å². The summed E-state index contributed by atoms with van der Waals surface area (Å²) >= 11 is 0. The molecule has 138 valence electrons. The van der Waals surface area contributed by atoms with Crippen LogP contribution in [-0.4, -0.2) is 37.1 Å². The van der Waals surface area contributed by atoms with Crippen molar-refractivity contribution in [1.29, 1.82) is 0 Å². The average Bonchev–Trinajstić information content (AvgIpc) is 2.54. The number of hydrogen-bond donors (Lipinski definition) is 2. The molecule has 1 aromatic heterocycles. The van der Waals surface area contributed by atoms with Crippen molar-refractivity contribution in [3.05, 3.63) is 48.3 Å². The summed E-state index contributed by atoms with van der Waals surface area (Å²) in [6.45, 7) is 4.15. The summed E-state index contributed by atoms with van der Waals surface area (Å²) in [5, 5.41) is 2.91. The highest BCUT2D eigenvalue weighted by atomic mass is 35.5. The first-order valence-corrected chi connectivity index (χ1v) is 7.58. The number of benzene rings is 1. The molecule has 1 aromatic carbocycles. The Morgan fingerprint density at radius 2 is 1.72 bits per heavy atom. The number of carbonyl (C=O) groups is 1. The Kier molecular flexibility index (Phi) is 8.91. The molecule has 0 aliphatic rings. The van der Waals surface area contributed by atoms with Crippen LogP contribution in [0.25, 0.3) is 11.1 Å². The Hall–Kier alpha value is -1.82. The first-order chi connectivity index (χ1) is 10.8. The molecule has 25 heavy (non-hydrogen) atoms. The van der Waals surface area contributed by atoms with Gasteiger partial charge in [0.2, 0.25) is 0 Å². The number of aromatic nitrogens is 1. The standard InChI is InChI=1S/C18H24N4O.2ClH/c1-18(2,12-19)21-17(23)15-9-14(10-20-11-15)13-5-7-16(8-6-13)22(3)4;;/h5-11H,12,19H2,1-4H3,(H,21,23);2*1H. The quantitative estimate of drug-likeness (QED) is 0.830. The monoisotopic (exact) mass is 384 g/mol. The molecule has 0 bridgehead atoms. The Morgan fingerprint density at radius 3 is 2.24 bits per heavy atom. The molecule has 1 amide bonds. The van der Waals surface area contributed by atoms with Crippen molar-refractivity contribution in [2.75, 3.05) is 25.5 Å². The fraction of sp³-hybridized carbons (Fsp3) is 0.333. The molecule has 0 fully saturated rings. The molecule has 7 heteroatoms. The van der Waals surface area contributed by atoms with E-state index in [0.29, 0.717) is 12.1 Å². The molecule has 5 nitrogen and oxygen atoms in total. The molecular formula is C18H26Cl2N4O. The fourth-order valence-corrected chi connectivity index (χ4v) is 2.10. The highest BCUT2D eigenvalue weighted by Gasteiger charge is 2.19. The number of carbonyl (C=O) groups excluding carboxylic acids is 1. The van der Waals surface area contributed by atoms with Gasteiger partial charge in [-0.05, 0) is 37.6 Å². The maximum Gasteiger partial charge on any atom is 0.253 e. The number of halogens is 2. The second kappa shape index (κ2) is 9.61. The number of nitrogens with two attached hydrogens (primary N) is 1. The maximum absolute atomic E-state index is 12.3. The van der Waals surface area contributed by atoms with Crippen LogP contribution in [0.4, 0.5) is 5.69 Å². The second-order valence-electron chi connectivity index (χ2n) is 6.45. The Bertz CT molecular complexity index is 688. The zero-order valence-electron chi connectivity index (χ0n) is 14.9. The van der Waals surface area contributed by atoms with Crippen molar-refractivity contribution < 1.29 is 4.79 Å². The van der Waals surface area contributed by atoms with Gasteiger partial charge in [-0.1, -0.05) is 12.1 Å². The molecule has 0 saturated heterocycles. The lowest BCUT2D eigenvalue weighted by molar-refractivity contribution is 0.0915. The lowest BCUT2D eigenvalue weighted by atomic mass is 10.0. The van der Waals surface area contributed by atoms with Gasteiger partial charge in [-0.15, -0.1) is 24.8 Å². The van der Waals surface area contributed by atoms with E-state index < -0.39 is 5.54 Å². The molecule has 2 aromatic rings. The van der Waals surface area contributed by atoms with Crippen LogP contribution in [0.15, 0.2) is 42.7 Å². The predicted molar refractivity (Wildman–Crippen MR) is 109 cm³/mol. The van der Waals surface area contributed by atoms with Crippen molar-refractivity contribution in [3.8, 4) is 11.1 Å². The summed E-state index contributed by atoms with van der Waals surface area (Å²) in [5.41, 5.74) is 8.80. The molecule has 3 N–H and O–H groups in total. The Labute approximate surface area is 161 Å². The first-order valence-electron chi connectivity index (χ1n) is 7.58. The topological polar surface area (TPSA) is 71.2 Å². The van der Waals surface area contributed by atoms with Gasteiger partial charge < -0.3 is 16.0 Å². The largest absolute Gasteiger partial charge is 0.378 e. The zero-order chi connectivity index (χ0) is 17.0. The van der Waals surface area contributed by atoms with E-state index in [4.69, 9.17) is 5.73 Å². The smallest absolute Gasteiger partial charge is 0.253 e. The third-order valence-corrected chi connectivity index (χ3v) is 3.68. The Balaban J connectivity index is 0.00000288. The molecular weight excluding hydrogens is 359 g/mol. The van der Waals surface area contributed by atoms with Crippen molar-refractivity contribution >= 4 is 36.4 Å². The van der Waals surface area contributed by atoms with Crippen molar-refractivity contribution in [3.63, 3.8) is 0 Å². The average molecular weight is 385 g/mol. The van der Waals surface area contributed by atoms with Gasteiger partial charge in [-0.2, -0.15) is 0 Å². The van der Waals surface area contributed by atoms with Crippen LogP contribution in [0.3, 0.4) is 0 Å². The molecule has 0 atom stereocenters. The van der Waals surface area contributed by atoms with Gasteiger partial charge in [-0.25, -0.2) is 0 Å². The molecule has 0 aliphatic heterocycles. The summed E-state index contributed by atoms with van der Waals surface area (Å²) in [6, 6.07) is 9.98. The van der Waals surface area contributed by atoms with E-state index in [0.717, 1.165) is 16.8 Å². The van der Waals surface area contributed by atoms with E-state index in [2.05, 4.69) is 10.3 Å². The fourth-order valence-electron chi connectivity index (χ4n) is 2.10. The predicted octanol–water partition coefficient (Wildman–Crippen LogP) is 3.13. The minimum absolute atomic E-state index is 0. The summed E-state index contributed by atoms with van der Waals surface area (Å²) in [4.78, 5) is 18.6. The van der Waals surface area contributed by atoms with Crippen molar-refractivity contribution in [1.82, 2.24) is 10.3 Å². The number of rotatable bonds is 5. The van der Waals surface area contributed by atoms with Gasteiger partial charge in [0.15, 0.2) is 0 Å². The van der Waals surface area contributed by atoms with Crippen LogP contribution in [0, 0.1) is 0 Å². The third-order valence-electron chi connectivity index (χ3n) is 3.68. The first kappa shape index (κ1) is 23.2. The van der Waals surface area contributed by atoms with Crippen LogP contribution in [-0.2, 0) is 0 Å². The van der Waals surface area contributed by atoms with Gasteiger partial charge in [-0.3, -0.25) is 9.78 Å². The molecule has 0 unspecified atom stereocenters. The van der Waals surface area contributed by atoms with E-state index in [-0.39, 0.29) is 30.7 Å². The number of hydrogen-bond acceptors (Lipinski definition) is 4. The highest BCUT2D eigenvalue weighted by molar-refractivity contribution is 5.95. The second-order valence-corrected chi connectivity index (χ2v) is 6.45. The third kappa shape index (κ3) is 6.20. The highest BCUT2D eigenvalue weighted by Crippen LogP contribution is 2.22. The van der Waals surface area contributed by atoms with E-state index in [1.165, 1.54) is 0 Å². The normalized spacial score (nSPS) is 10.3. The van der Waals surface area contributed by atoms with Gasteiger partial charge in [0.25, 0.3) is 5.91 Å². The SMILES string of the molecule is CN(C)c1ccc(-c2cncc(C(=O)NC(C)(C)CN)c2)cc1.Cl.Cl. The number of anilines is 1. The van der Waals surface area contributed by atoms with E-state index in [1.807, 2.05) is 63.2 Å². The van der Waals surface area contributed by atoms with Gasteiger partial charge in [0.1, 0.15) is 0 Å². The minimum atomic E-state index is -0.444. The number of nitrogens with zero attached hydrogens (tertiary/aromatic N) is 2. The van der Waals surface area contributed by atoms with Crippen molar-refractivity contribution in [2.45, 2.75) is 19.4 Å². The van der Waals surface area contributed by atoms with Gasteiger partial charge in [0, 0.05) is 49.8 Å². The van der Waals surface area contributed by atoms with Gasteiger partial charge in [0.05, 0.1) is 5.56 Å². The van der Waals surface area contributed by atoms with Crippen LogP contribution in [0.5, 0.6) is 0 Å². The molecule has 0 spiro atoms. The number of nitrogens with one attached hydrogen (secondary N) is 1. The summed E-state index contributed by atoms with van der Waals surface area (Å²) in [7, 11) is 4.00. The zero-order valence-corrected chi connectivity index (χ0v) is 16.6. The Morgan fingerprint density at radius 1 is 1.12 bits per heavy atom. The molecule has 1 heterocycles. The van der Waals surface area contributed by atoms with E-state index in [9.17, 15) is 4.79 Å². The molecule has 0 radical (unpaired) electrons. The van der Waals surface area contributed by atoms with Crippen molar-refractivity contribution in [2.24, 2.45) is 5.73 Å². The van der Waals surface area contributed by atoms with Gasteiger partial charge >= 0.3 is 0 Å². The molecule has 0 saturated carbocycles. The summed E-state index contributed by atoms with van der Waals surface area (Å²) in [6.07, 6.45) is 3.33. The number of amides is 1. The molecule has 2 rings (SSSR count). The summed E-state index contributed by atoms with van der Waals surface area (Å²) in [5.74, 6) is -0.167. The lowest BCUT2D eigenvalue weighted by Crippen LogP contribution is -2.48. The lowest BCUT2D eigenvalue weighted by Gasteiger charge is -2.24. The maximum atomic E-state index is 12.3. The van der Waals surface area contributed by atoms with Crippen LogP contribution in [0.2, 0.25) is 0 Å². The molecule has 0 aliphatic carbocycles.